The summed E-state index contributed by atoms with van der Waals surface area (Å²) in [4.78, 5) is 24.8. The van der Waals surface area contributed by atoms with Gasteiger partial charge in [-0.1, -0.05) is 13.8 Å². The molecule has 4 saturated carbocycles. The molecule has 22 heavy (non-hydrogen) atoms. The molecule has 4 rings (SSSR count). The van der Waals surface area contributed by atoms with Crippen LogP contribution in [0.2, 0.25) is 0 Å². The average Bonchev–Trinajstić information content (AvgIpc) is 2.75. The first kappa shape index (κ1) is 14.9. The standard InChI is InChI=1S/C19H28O3/c1-18-5-4-14-17(15(18)9-13(21)10-18)16(22)8-11-7-12(20)3-6-19(11,14)2/h11,13-15,17,21H,3-10H2,1-2H3/t11-,13-,14+,15+,17-,18-,19+/m1/s1. The predicted molar refractivity (Wildman–Crippen MR) is 83.1 cm³/mol. The average molecular weight is 304 g/mol. The van der Waals surface area contributed by atoms with Crippen molar-refractivity contribution in [3.8, 4) is 0 Å². The molecule has 0 spiro atoms. The van der Waals surface area contributed by atoms with Crippen molar-refractivity contribution in [3.63, 3.8) is 0 Å². The number of carbonyl (C=O) groups excluding carboxylic acids is 2. The summed E-state index contributed by atoms with van der Waals surface area (Å²) >= 11 is 0. The Kier molecular flexibility index (Phi) is 3.15. The number of aliphatic hydroxyl groups excluding tert-OH is 1. The Morgan fingerprint density at radius 3 is 2.64 bits per heavy atom. The molecule has 0 bridgehead atoms. The molecule has 0 saturated heterocycles. The highest BCUT2D eigenvalue weighted by Gasteiger charge is 2.61. The third-order valence-electron chi connectivity index (χ3n) is 8.03. The molecular formula is C19H28O3. The summed E-state index contributed by atoms with van der Waals surface area (Å²) in [7, 11) is 0. The molecule has 4 fully saturated rings. The summed E-state index contributed by atoms with van der Waals surface area (Å²) < 4.78 is 0. The fourth-order valence-corrected chi connectivity index (χ4v) is 6.75. The van der Waals surface area contributed by atoms with Gasteiger partial charge in [0.25, 0.3) is 0 Å². The minimum atomic E-state index is -0.222. The molecule has 3 nitrogen and oxygen atoms in total. The van der Waals surface area contributed by atoms with E-state index in [0.717, 1.165) is 32.1 Å². The maximum Gasteiger partial charge on any atom is 0.136 e. The van der Waals surface area contributed by atoms with Crippen LogP contribution in [-0.2, 0) is 9.59 Å². The van der Waals surface area contributed by atoms with Crippen LogP contribution in [0.25, 0.3) is 0 Å². The summed E-state index contributed by atoms with van der Waals surface area (Å²) in [5.74, 6) is 1.97. The van der Waals surface area contributed by atoms with Crippen LogP contribution in [-0.4, -0.2) is 22.8 Å². The maximum atomic E-state index is 12.9. The van der Waals surface area contributed by atoms with Crippen LogP contribution in [0.3, 0.4) is 0 Å². The van der Waals surface area contributed by atoms with Crippen molar-refractivity contribution in [2.75, 3.05) is 0 Å². The van der Waals surface area contributed by atoms with E-state index < -0.39 is 0 Å². The van der Waals surface area contributed by atoms with Gasteiger partial charge in [0.15, 0.2) is 0 Å². The predicted octanol–water partition coefficient (Wildman–Crippen LogP) is 3.14. The van der Waals surface area contributed by atoms with Crippen LogP contribution >= 0.6 is 0 Å². The fraction of sp³-hybridized carbons (Fsp3) is 0.895. The second-order valence-electron chi connectivity index (χ2n) is 9.14. The smallest absolute Gasteiger partial charge is 0.136 e. The molecule has 0 heterocycles. The number of aliphatic hydroxyl groups is 1. The molecule has 1 N–H and O–H groups in total. The van der Waals surface area contributed by atoms with Crippen molar-refractivity contribution in [1.82, 2.24) is 0 Å². The Hall–Kier alpha value is -0.700. The summed E-state index contributed by atoms with van der Waals surface area (Å²) in [6.45, 7) is 4.64. The zero-order chi connectivity index (χ0) is 15.7. The quantitative estimate of drug-likeness (QED) is 0.748. The molecule has 4 aliphatic carbocycles. The van der Waals surface area contributed by atoms with Gasteiger partial charge < -0.3 is 5.11 Å². The molecule has 0 amide bonds. The number of hydrogen-bond donors (Lipinski definition) is 1. The Balaban J connectivity index is 1.70. The molecule has 4 aliphatic rings. The van der Waals surface area contributed by atoms with E-state index in [-0.39, 0.29) is 28.8 Å². The van der Waals surface area contributed by atoms with Gasteiger partial charge in [-0.2, -0.15) is 0 Å². The van der Waals surface area contributed by atoms with E-state index in [1.54, 1.807) is 0 Å². The van der Waals surface area contributed by atoms with Gasteiger partial charge in [0.2, 0.25) is 0 Å². The molecule has 0 aromatic carbocycles. The molecule has 0 aromatic heterocycles. The highest BCUT2D eigenvalue weighted by atomic mass is 16.3. The molecule has 0 unspecified atom stereocenters. The van der Waals surface area contributed by atoms with Crippen LogP contribution in [0.1, 0.15) is 65.2 Å². The molecule has 7 atom stereocenters. The number of ketones is 2. The minimum absolute atomic E-state index is 0.144. The van der Waals surface area contributed by atoms with Crippen LogP contribution in [0, 0.1) is 34.5 Å². The van der Waals surface area contributed by atoms with Crippen LogP contribution in [0.4, 0.5) is 0 Å². The Morgan fingerprint density at radius 2 is 1.86 bits per heavy atom. The topological polar surface area (TPSA) is 54.4 Å². The molecule has 0 aromatic rings. The van der Waals surface area contributed by atoms with Gasteiger partial charge in [-0.05, 0) is 60.7 Å². The summed E-state index contributed by atoms with van der Waals surface area (Å²) in [5, 5.41) is 10.2. The maximum absolute atomic E-state index is 12.9. The molecule has 0 aliphatic heterocycles. The van der Waals surface area contributed by atoms with E-state index in [2.05, 4.69) is 13.8 Å². The van der Waals surface area contributed by atoms with Gasteiger partial charge in [-0.15, -0.1) is 0 Å². The van der Waals surface area contributed by atoms with Crippen LogP contribution in [0.5, 0.6) is 0 Å². The number of rotatable bonds is 0. The van der Waals surface area contributed by atoms with Crippen molar-refractivity contribution in [2.24, 2.45) is 34.5 Å². The minimum Gasteiger partial charge on any atom is -0.393 e. The second-order valence-corrected chi connectivity index (χ2v) is 9.14. The number of hydrogen-bond acceptors (Lipinski definition) is 3. The fourth-order valence-electron chi connectivity index (χ4n) is 6.75. The first-order valence-corrected chi connectivity index (χ1v) is 9.06. The van der Waals surface area contributed by atoms with E-state index in [4.69, 9.17) is 0 Å². The third kappa shape index (κ3) is 1.90. The lowest BCUT2D eigenvalue weighted by Gasteiger charge is -2.58. The molecule has 122 valence electrons. The second kappa shape index (κ2) is 4.66. The van der Waals surface area contributed by atoms with Gasteiger partial charge in [0.05, 0.1) is 6.10 Å². The van der Waals surface area contributed by atoms with Gasteiger partial charge in [-0.25, -0.2) is 0 Å². The Bertz CT molecular complexity index is 527. The van der Waals surface area contributed by atoms with E-state index in [1.165, 1.54) is 0 Å². The van der Waals surface area contributed by atoms with Crippen molar-refractivity contribution in [3.05, 3.63) is 0 Å². The van der Waals surface area contributed by atoms with E-state index in [1.807, 2.05) is 0 Å². The van der Waals surface area contributed by atoms with Crippen LogP contribution in [0.15, 0.2) is 0 Å². The summed E-state index contributed by atoms with van der Waals surface area (Å²) in [6.07, 6.45) is 6.60. The van der Waals surface area contributed by atoms with Crippen molar-refractivity contribution < 1.29 is 14.7 Å². The molecular weight excluding hydrogens is 276 g/mol. The summed E-state index contributed by atoms with van der Waals surface area (Å²) in [6, 6.07) is 0. The van der Waals surface area contributed by atoms with Gasteiger partial charge in [-0.3, -0.25) is 9.59 Å². The van der Waals surface area contributed by atoms with E-state index >= 15 is 0 Å². The van der Waals surface area contributed by atoms with Crippen molar-refractivity contribution >= 4 is 11.6 Å². The number of fused-ring (bicyclic) bond motifs is 5. The van der Waals surface area contributed by atoms with Gasteiger partial charge in [0, 0.05) is 25.2 Å². The van der Waals surface area contributed by atoms with Gasteiger partial charge >= 0.3 is 0 Å². The largest absolute Gasteiger partial charge is 0.393 e. The Morgan fingerprint density at radius 1 is 1.09 bits per heavy atom. The third-order valence-corrected chi connectivity index (χ3v) is 8.03. The SMILES string of the molecule is C[C@]12CC[C@H]3[C@@H](C(=O)C[C@H]4CC(=O)CC[C@@]43C)[C@@H]1C[C@@H](O)C2. The Labute approximate surface area is 132 Å². The lowest BCUT2D eigenvalue weighted by Crippen LogP contribution is -2.56. The van der Waals surface area contributed by atoms with E-state index in [9.17, 15) is 14.7 Å². The highest BCUT2D eigenvalue weighted by molar-refractivity contribution is 5.86. The number of Topliss-reactive ketones (excluding diaryl/α,β-unsaturated/α-hetero) is 2. The highest BCUT2D eigenvalue weighted by Crippen LogP contribution is 2.65. The number of carbonyl (C=O) groups is 2. The first-order chi connectivity index (χ1) is 10.3. The molecule has 3 heteroatoms. The lowest BCUT2D eigenvalue weighted by atomic mass is 9.45. The van der Waals surface area contributed by atoms with Crippen molar-refractivity contribution in [1.29, 1.82) is 0 Å². The van der Waals surface area contributed by atoms with Crippen molar-refractivity contribution in [2.45, 2.75) is 71.3 Å². The zero-order valence-electron chi connectivity index (χ0n) is 13.8. The monoisotopic (exact) mass is 304 g/mol. The van der Waals surface area contributed by atoms with Crippen LogP contribution < -0.4 is 0 Å². The van der Waals surface area contributed by atoms with E-state index in [0.29, 0.717) is 42.7 Å². The zero-order valence-corrected chi connectivity index (χ0v) is 13.8. The normalized spacial score (nSPS) is 54.6. The summed E-state index contributed by atoms with van der Waals surface area (Å²) in [5.41, 5.74) is 0.325. The van der Waals surface area contributed by atoms with Gasteiger partial charge in [0.1, 0.15) is 11.6 Å². The lowest BCUT2D eigenvalue weighted by molar-refractivity contribution is -0.156. The molecule has 0 radical (unpaired) electrons. The first-order valence-electron chi connectivity index (χ1n) is 9.06.